The summed E-state index contributed by atoms with van der Waals surface area (Å²) in [5, 5.41) is 0. The van der Waals surface area contributed by atoms with Crippen molar-refractivity contribution in [3.8, 4) is 0 Å². The van der Waals surface area contributed by atoms with Gasteiger partial charge in [0, 0.05) is 12.3 Å². The topological polar surface area (TPSA) is 17.1 Å². The Labute approximate surface area is 126 Å². The molecule has 0 radical (unpaired) electrons. The molecule has 0 saturated heterocycles. The summed E-state index contributed by atoms with van der Waals surface area (Å²) in [6.07, 6.45) is 10.9. The van der Waals surface area contributed by atoms with Crippen molar-refractivity contribution >= 4 is 5.78 Å². The normalized spacial score (nSPS) is 24.1. The van der Waals surface area contributed by atoms with Crippen molar-refractivity contribution < 1.29 is 4.79 Å². The molecule has 1 heteroatoms. The third-order valence-electron chi connectivity index (χ3n) is 4.82. The maximum Gasteiger partial charge on any atom is 0.135 e. The third-order valence-corrected chi connectivity index (χ3v) is 4.82. The van der Waals surface area contributed by atoms with Gasteiger partial charge in [0.2, 0.25) is 0 Å². The molecule has 1 fully saturated rings. The summed E-state index contributed by atoms with van der Waals surface area (Å²) in [6, 6.07) is 0. The molecule has 1 aliphatic carbocycles. The van der Waals surface area contributed by atoms with Crippen molar-refractivity contribution in [3.63, 3.8) is 0 Å². The molecular weight excluding hydrogens is 244 g/mol. The van der Waals surface area contributed by atoms with E-state index in [1.165, 1.54) is 32.1 Å². The van der Waals surface area contributed by atoms with E-state index in [9.17, 15) is 4.79 Å². The highest BCUT2D eigenvalue weighted by molar-refractivity contribution is 5.81. The van der Waals surface area contributed by atoms with Gasteiger partial charge in [0.15, 0.2) is 0 Å². The molecule has 0 heterocycles. The molecule has 0 spiro atoms. The Morgan fingerprint density at radius 2 is 1.70 bits per heavy atom. The van der Waals surface area contributed by atoms with Gasteiger partial charge in [0.05, 0.1) is 0 Å². The van der Waals surface area contributed by atoms with Gasteiger partial charge >= 0.3 is 0 Å². The van der Waals surface area contributed by atoms with E-state index in [4.69, 9.17) is 0 Å². The van der Waals surface area contributed by atoms with Crippen LogP contribution in [0.15, 0.2) is 0 Å². The summed E-state index contributed by atoms with van der Waals surface area (Å²) in [7, 11) is 0. The summed E-state index contributed by atoms with van der Waals surface area (Å²) < 4.78 is 0. The van der Waals surface area contributed by atoms with Gasteiger partial charge in [-0.2, -0.15) is 0 Å². The van der Waals surface area contributed by atoms with Gasteiger partial charge in [0.25, 0.3) is 0 Å². The van der Waals surface area contributed by atoms with E-state index < -0.39 is 0 Å². The number of hydrogen-bond donors (Lipinski definition) is 0. The van der Waals surface area contributed by atoms with Crippen LogP contribution >= 0.6 is 0 Å². The van der Waals surface area contributed by atoms with Crippen molar-refractivity contribution in [1.82, 2.24) is 0 Å². The average Bonchev–Trinajstić information content (AvgIpc) is 2.35. The molecule has 1 aliphatic rings. The smallest absolute Gasteiger partial charge is 0.135 e. The molecule has 0 N–H and O–H groups in total. The number of carbonyl (C=O) groups excluding carboxylic acids is 1. The predicted molar refractivity (Wildman–Crippen MR) is 87.8 cm³/mol. The maximum absolute atomic E-state index is 12.3. The van der Waals surface area contributed by atoms with Gasteiger partial charge in [-0.15, -0.1) is 0 Å². The van der Waals surface area contributed by atoms with Crippen molar-refractivity contribution in [2.75, 3.05) is 0 Å². The van der Waals surface area contributed by atoms with Crippen molar-refractivity contribution in [3.05, 3.63) is 0 Å². The first kappa shape index (κ1) is 17.7. The Bertz CT molecular complexity index is 277. The van der Waals surface area contributed by atoms with Crippen LogP contribution in [-0.2, 0) is 4.79 Å². The second-order valence-corrected chi connectivity index (χ2v) is 8.57. The Hall–Kier alpha value is -0.330. The Morgan fingerprint density at radius 1 is 1.10 bits per heavy atom. The van der Waals surface area contributed by atoms with E-state index in [-0.39, 0.29) is 0 Å². The van der Waals surface area contributed by atoms with Gasteiger partial charge in [-0.1, -0.05) is 53.9 Å². The second kappa shape index (κ2) is 8.20. The van der Waals surface area contributed by atoms with Gasteiger partial charge < -0.3 is 0 Å². The predicted octanol–water partition coefficient (Wildman–Crippen LogP) is 6.01. The molecule has 0 aliphatic heterocycles. The lowest BCUT2D eigenvalue weighted by atomic mass is 9.76. The molecular formula is C19H36O. The number of ketones is 1. The van der Waals surface area contributed by atoms with Gasteiger partial charge in [-0.3, -0.25) is 4.79 Å². The van der Waals surface area contributed by atoms with Crippen LogP contribution in [0.5, 0.6) is 0 Å². The monoisotopic (exact) mass is 280 g/mol. The lowest BCUT2D eigenvalue weighted by Gasteiger charge is -2.28. The molecule has 0 bridgehead atoms. The first-order valence-electron chi connectivity index (χ1n) is 8.80. The SMILES string of the molecule is CC(C)CCCC1CCC(C(=O)CCC(C)(C)C)CC1. The highest BCUT2D eigenvalue weighted by atomic mass is 16.1. The Kier molecular flexibility index (Phi) is 7.26. The van der Waals surface area contributed by atoms with Crippen LogP contribution in [0.4, 0.5) is 0 Å². The zero-order valence-electron chi connectivity index (χ0n) is 14.5. The largest absolute Gasteiger partial charge is 0.299 e. The summed E-state index contributed by atoms with van der Waals surface area (Å²) in [4.78, 5) is 12.3. The summed E-state index contributed by atoms with van der Waals surface area (Å²) >= 11 is 0. The standard InChI is InChI=1S/C19H36O/c1-15(2)7-6-8-16-9-11-17(12-10-16)18(20)13-14-19(3,4)5/h15-17H,6-14H2,1-5H3. The molecule has 0 amide bonds. The maximum atomic E-state index is 12.3. The first-order chi connectivity index (χ1) is 9.28. The zero-order valence-corrected chi connectivity index (χ0v) is 14.5. The van der Waals surface area contributed by atoms with E-state index in [1.54, 1.807) is 0 Å². The van der Waals surface area contributed by atoms with Crippen LogP contribution < -0.4 is 0 Å². The highest BCUT2D eigenvalue weighted by Gasteiger charge is 2.26. The fourth-order valence-corrected chi connectivity index (χ4v) is 3.29. The fraction of sp³-hybridized carbons (Fsp3) is 0.947. The average molecular weight is 280 g/mol. The summed E-state index contributed by atoms with van der Waals surface area (Å²) in [6.45, 7) is 11.3. The van der Waals surface area contributed by atoms with E-state index in [0.29, 0.717) is 17.1 Å². The van der Waals surface area contributed by atoms with Crippen LogP contribution in [0.2, 0.25) is 0 Å². The molecule has 0 unspecified atom stereocenters. The zero-order chi connectivity index (χ0) is 15.2. The van der Waals surface area contributed by atoms with E-state index >= 15 is 0 Å². The van der Waals surface area contributed by atoms with E-state index in [0.717, 1.165) is 37.5 Å². The number of rotatable bonds is 7. The lowest BCUT2D eigenvalue weighted by Crippen LogP contribution is -2.23. The molecule has 0 aromatic heterocycles. The minimum atomic E-state index is 0.295. The van der Waals surface area contributed by atoms with Gasteiger partial charge in [-0.25, -0.2) is 0 Å². The lowest BCUT2D eigenvalue weighted by molar-refractivity contribution is -0.124. The van der Waals surface area contributed by atoms with Crippen LogP contribution in [0.1, 0.15) is 92.4 Å². The fourth-order valence-electron chi connectivity index (χ4n) is 3.29. The van der Waals surface area contributed by atoms with Crippen molar-refractivity contribution in [2.45, 2.75) is 92.4 Å². The molecule has 0 atom stereocenters. The minimum absolute atomic E-state index is 0.295. The van der Waals surface area contributed by atoms with Crippen LogP contribution in [0.25, 0.3) is 0 Å². The van der Waals surface area contributed by atoms with E-state index in [1.807, 2.05) is 0 Å². The molecule has 0 aromatic rings. The van der Waals surface area contributed by atoms with Crippen LogP contribution in [-0.4, -0.2) is 5.78 Å². The molecule has 0 aromatic carbocycles. The number of hydrogen-bond acceptors (Lipinski definition) is 1. The third kappa shape index (κ3) is 7.45. The van der Waals surface area contributed by atoms with E-state index in [2.05, 4.69) is 34.6 Å². The van der Waals surface area contributed by atoms with Gasteiger partial charge in [0.1, 0.15) is 5.78 Å². The van der Waals surface area contributed by atoms with Gasteiger partial charge in [-0.05, 0) is 49.4 Å². The molecule has 20 heavy (non-hydrogen) atoms. The van der Waals surface area contributed by atoms with Crippen LogP contribution in [0.3, 0.4) is 0 Å². The second-order valence-electron chi connectivity index (χ2n) is 8.57. The molecule has 1 rings (SSSR count). The molecule has 1 nitrogen and oxygen atoms in total. The number of Topliss-reactive ketones (excluding diaryl/α,β-unsaturated/α-hetero) is 1. The highest BCUT2D eigenvalue weighted by Crippen LogP contribution is 2.34. The first-order valence-corrected chi connectivity index (χ1v) is 8.80. The van der Waals surface area contributed by atoms with Crippen LogP contribution in [0, 0.1) is 23.2 Å². The molecule has 118 valence electrons. The molecule has 1 saturated carbocycles. The van der Waals surface area contributed by atoms with Crippen molar-refractivity contribution in [2.24, 2.45) is 23.2 Å². The number of carbonyl (C=O) groups is 1. The Morgan fingerprint density at radius 3 is 2.20 bits per heavy atom. The quantitative estimate of drug-likeness (QED) is 0.557. The van der Waals surface area contributed by atoms with Crippen molar-refractivity contribution in [1.29, 1.82) is 0 Å². The Balaban J connectivity index is 2.19. The summed E-state index contributed by atoms with van der Waals surface area (Å²) in [5.41, 5.74) is 0.295. The minimum Gasteiger partial charge on any atom is -0.299 e. The summed E-state index contributed by atoms with van der Waals surface area (Å²) in [5.74, 6) is 2.67.